The van der Waals surface area contributed by atoms with Crippen LogP contribution in [0.1, 0.15) is 56.3 Å². The molecule has 1 atom stereocenters. The van der Waals surface area contributed by atoms with Crippen LogP contribution in [0.3, 0.4) is 0 Å². The molecule has 0 aromatic heterocycles. The Morgan fingerprint density at radius 1 is 1.21 bits per heavy atom. The van der Waals surface area contributed by atoms with Gasteiger partial charge >= 0.3 is 0 Å². The molecule has 1 aliphatic carbocycles. The molecule has 2 N–H and O–H groups in total. The molecule has 0 spiro atoms. The van der Waals surface area contributed by atoms with Crippen molar-refractivity contribution in [1.82, 2.24) is 0 Å². The summed E-state index contributed by atoms with van der Waals surface area (Å²) in [4.78, 5) is 0. The van der Waals surface area contributed by atoms with Gasteiger partial charge in [-0.3, -0.25) is 0 Å². The molecule has 0 saturated heterocycles. The number of benzene rings is 1. The van der Waals surface area contributed by atoms with Crippen LogP contribution in [0.25, 0.3) is 0 Å². The molecular weight excluding hydrogens is 251 g/mol. The van der Waals surface area contributed by atoms with E-state index in [0.717, 1.165) is 38.2 Å². The van der Waals surface area contributed by atoms with E-state index >= 15 is 0 Å². The van der Waals surface area contributed by atoms with E-state index in [0.29, 0.717) is 0 Å². The SMILES string of the molecule is CC(F)c1cc(F)c(F)c(C2(CN)CCCCC2)c1. The molecule has 1 aromatic rings. The molecule has 1 unspecified atom stereocenters. The minimum atomic E-state index is -1.31. The largest absolute Gasteiger partial charge is 0.330 e. The van der Waals surface area contributed by atoms with Gasteiger partial charge < -0.3 is 5.73 Å². The molecular formula is C15H20F3N. The van der Waals surface area contributed by atoms with E-state index in [1.54, 1.807) is 0 Å². The number of halogens is 3. The Morgan fingerprint density at radius 3 is 2.37 bits per heavy atom. The van der Waals surface area contributed by atoms with Crippen molar-refractivity contribution >= 4 is 0 Å². The highest BCUT2D eigenvalue weighted by molar-refractivity contribution is 5.34. The number of rotatable bonds is 3. The minimum absolute atomic E-state index is 0.187. The molecule has 19 heavy (non-hydrogen) atoms. The third-order valence-electron chi connectivity index (χ3n) is 4.28. The lowest BCUT2D eigenvalue weighted by Gasteiger charge is -2.37. The fourth-order valence-electron chi connectivity index (χ4n) is 3.04. The summed E-state index contributed by atoms with van der Waals surface area (Å²) in [5.74, 6) is -1.84. The predicted octanol–water partition coefficient (Wildman–Crippen LogP) is 4.16. The van der Waals surface area contributed by atoms with Gasteiger partial charge in [0.2, 0.25) is 0 Å². The van der Waals surface area contributed by atoms with E-state index in [1.807, 2.05) is 0 Å². The van der Waals surface area contributed by atoms with Gasteiger partial charge in [-0.2, -0.15) is 0 Å². The summed E-state index contributed by atoms with van der Waals surface area (Å²) in [6.07, 6.45) is 3.16. The number of hydrogen-bond acceptors (Lipinski definition) is 1. The van der Waals surface area contributed by atoms with Gasteiger partial charge in [0.1, 0.15) is 6.17 Å². The smallest absolute Gasteiger partial charge is 0.162 e. The van der Waals surface area contributed by atoms with Crippen molar-refractivity contribution in [3.63, 3.8) is 0 Å². The first kappa shape index (κ1) is 14.4. The van der Waals surface area contributed by atoms with Crippen molar-refractivity contribution in [1.29, 1.82) is 0 Å². The Hall–Kier alpha value is -1.03. The van der Waals surface area contributed by atoms with Gasteiger partial charge in [-0.15, -0.1) is 0 Å². The molecule has 0 amide bonds. The number of nitrogens with two attached hydrogens (primary N) is 1. The summed E-state index contributed by atoms with van der Waals surface area (Å²) in [6.45, 7) is 1.60. The molecule has 0 heterocycles. The molecule has 1 nitrogen and oxygen atoms in total. The van der Waals surface area contributed by atoms with Crippen molar-refractivity contribution in [2.45, 2.75) is 50.6 Å². The molecule has 1 fully saturated rings. The van der Waals surface area contributed by atoms with Crippen LogP contribution in [-0.4, -0.2) is 6.54 Å². The van der Waals surface area contributed by atoms with Crippen molar-refractivity contribution in [3.05, 3.63) is 34.9 Å². The highest BCUT2D eigenvalue weighted by Crippen LogP contribution is 2.41. The van der Waals surface area contributed by atoms with Crippen LogP contribution in [0.2, 0.25) is 0 Å². The van der Waals surface area contributed by atoms with E-state index in [2.05, 4.69) is 0 Å². The Kier molecular flexibility index (Phi) is 4.19. The summed E-state index contributed by atoms with van der Waals surface area (Å²) < 4.78 is 41.2. The number of alkyl halides is 1. The van der Waals surface area contributed by atoms with Crippen LogP contribution in [0.15, 0.2) is 12.1 Å². The van der Waals surface area contributed by atoms with Gasteiger partial charge in [0.15, 0.2) is 11.6 Å². The predicted molar refractivity (Wildman–Crippen MR) is 69.7 cm³/mol. The Morgan fingerprint density at radius 2 is 1.84 bits per heavy atom. The molecule has 106 valence electrons. The van der Waals surface area contributed by atoms with E-state index < -0.39 is 23.2 Å². The second-order valence-corrected chi connectivity index (χ2v) is 5.53. The van der Waals surface area contributed by atoms with E-state index in [-0.39, 0.29) is 17.7 Å². The first-order chi connectivity index (χ1) is 9.00. The fraction of sp³-hybridized carbons (Fsp3) is 0.600. The first-order valence-electron chi connectivity index (χ1n) is 6.84. The van der Waals surface area contributed by atoms with Gasteiger partial charge in [0.25, 0.3) is 0 Å². The summed E-state index contributed by atoms with van der Waals surface area (Å²) in [7, 11) is 0. The maximum absolute atomic E-state index is 14.1. The molecule has 4 heteroatoms. The van der Waals surface area contributed by atoms with E-state index in [9.17, 15) is 13.2 Å². The van der Waals surface area contributed by atoms with E-state index in [4.69, 9.17) is 5.73 Å². The van der Waals surface area contributed by atoms with Crippen molar-refractivity contribution in [2.75, 3.05) is 6.54 Å². The van der Waals surface area contributed by atoms with Crippen LogP contribution in [-0.2, 0) is 5.41 Å². The molecule has 1 aliphatic rings. The van der Waals surface area contributed by atoms with Gasteiger partial charge in [0, 0.05) is 12.0 Å². The first-order valence-corrected chi connectivity index (χ1v) is 6.84. The van der Waals surface area contributed by atoms with Crippen LogP contribution in [0, 0.1) is 11.6 Å². The monoisotopic (exact) mass is 271 g/mol. The molecule has 0 aliphatic heterocycles. The van der Waals surface area contributed by atoms with Crippen LogP contribution >= 0.6 is 0 Å². The zero-order chi connectivity index (χ0) is 14.0. The molecule has 1 saturated carbocycles. The average molecular weight is 271 g/mol. The molecule has 0 bridgehead atoms. The number of hydrogen-bond donors (Lipinski definition) is 1. The fourth-order valence-corrected chi connectivity index (χ4v) is 3.04. The molecule has 1 aromatic carbocycles. The van der Waals surface area contributed by atoms with E-state index in [1.165, 1.54) is 13.0 Å². The zero-order valence-corrected chi connectivity index (χ0v) is 11.2. The third-order valence-corrected chi connectivity index (χ3v) is 4.28. The lowest BCUT2D eigenvalue weighted by atomic mass is 9.69. The zero-order valence-electron chi connectivity index (χ0n) is 11.2. The Bertz CT molecular complexity index is 451. The second-order valence-electron chi connectivity index (χ2n) is 5.53. The highest BCUT2D eigenvalue weighted by atomic mass is 19.2. The lowest BCUT2D eigenvalue weighted by molar-refractivity contribution is 0.286. The van der Waals surface area contributed by atoms with Gasteiger partial charge in [-0.25, -0.2) is 13.2 Å². The van der Waals surface area contributed by atoms with Crippen molar-refractivity contribution in [2.24, 2.45) is 5.73 Å². The standard InChI is InChI=1S/C15H20F3N/c1-10(16)11-7-12(14(18)13(17)8-11)15(9-19)5-3-2-4-6-15/h7-8,10H,2-6,9,19H2,1H3. The average Bonchev–Trinajstić information content (AvgIpc) is 2.42. The Balaban J connectivity index is 2.52. The normalized spacial score (nSPS) is 20.3. The second kappa shape index (κ2) is 5.53. The summed E-state index contributed by atoms with van der Waals surface area (Å²) in [5.41, 5.74) is 5.74. The summed E-state index contributed by atoms with van der Waals surface area (Å²) in [6, 6.07) is 2.40. The maximum Gasteiger partial charge on any atom is 0.162 e. The maximum atomic E-state index is 14.1. The van der Waals surface area contributed by atoms with Crippen LogP contribution in [0.5, 0.6) is 0 Å². The minimum Gasteiger partial charge on any atom is -0.330 e. The highest BCUT2D eigenvalue weighted by Gasteiger charge is 2.36. The van der Waals surface area contributed by atoms with Crippen LogP contribution in [0.4, 0.5) is 13.2 Å². The Labute approximate surface area is 112 Å². The third kappa shape index (κ3) is 2.64. The van der Waals surface area contributed by atoms with Crippen molar-refractivity contribution in [3.8, 4) is 0 Å². The summed E-state index contributed by atoms with van der Waals surface area (Å²) in [5, 5.41) is 0. The van der Waals surface area contributed by atoms with Gasteiger partial charge in [0.05, 0.1) is 0 Å². The van der Waals surface area contributed by atoms with Crippen LogP contribution < -0.4 is 5.73 Å². The molecule has 0 radical (unpaired) electrons. The lowest BCUT2D eigenvalue weighted by Crippen LogP contribution is -2.38. The van der Waals surface area contributed by atoms with Gasteiger partial charge in [-0.05, 0) is 43.0 Å². The summed E-state index contributed by atoms with van der Waals surface area (Å²) >= 11 is 0. The topological polar surface area (TPSA) is 26.0 Å². The van der Waals surface area contributed by atoms with Gasteiger partial charge in [-0.1, -0.05) is 19.3 Å². The molecule has 2 rings (SSSR count). The van der Waals surface area contributed by atoms with Crippen molar-refractivity contribution < 1.29 is 13.2 Å². The quantitative estimate of drug-likeness (QED) is 0.877.